The average molecular weight is 438 g/mol. The van der Waals surface area contributed by atoms with Gasteiger partial charge in [0.1, 0.15) is 0 Å². The summed E-state index contributed by atoms with van der Waals surface area (Å²) in [6.45, 7) is 13.0. The van der Waals surface area contributed by atoms with Gasteiger partial charge in [-0.25, -0.2) is 12.1 Å². The Morgan fingerprint density at radius 3 is 1.18 bits per heavy atom. The Morgan fingerprint density at radius 2 is 1.09 bits per heavy atom. The van der Waals surface area contributed by atoms with Crippen LogP contribution in [0.2, 0.25) is 13.1 Å². The van der Waals surface area contributed by atoms with Crippen LogP contribution in [0.25, 0.3) is 0 Å². The third kappa shape index (κ3) is 15.3. The fraction of sp³-hybridized carbons (Fsp3) is 0.444. The van der Waals surface area contributed by atoms with Crippen molar-refractivity contribution in [1.82, 2.24) is 0 Å². The molecule has 0 heterocycles. The first kappa shape index (κ1) is 30.3. The molecule has 0 fully saturated rings. The van der Waals surface area contributed by atoms with Crippen molar-refractivity contribution in [2.45, 2.75) is 53.6 Å². The van der Waals surface area contributed by atoms with Crippen molar-refractivity contribution >= 4 is 34.3 Å². The van der Waals surface area contributed by atoms with E-state index in [-0.39, 0.29) is 51.0 Å². The van der Waals surface area contributed by atoms with Gasteiger partial charge in [-0.15, -0.1) is 24.8 Å². The zero-order chi connectivity index (χ0) is 14.7. The molecule has 0 aliphatic rings. The normalized spacial score (nSPS) is 7.91. The van der Waals surface area contributed by atoms with Gasteiger partial charge in [-0.3, -0.25) is 0 Å². The second-order valence-electron chi connectivity index (χ2n) is 4.88. The summed E-state index contributed by atoms with van der Waals surface area (Å²) in [7, 11) is 0.750. The molecule has 0 aliphatic heterocycles. The van der Waals surface area contributed by atoms with E-state index < -0.39 is 0 Å². The number of hydrogen-bond donors (Lipinski definition) is 0. The molecule has 2 rings (SSSR count). The van der Waals surface area contributed by atoms with Gasteiger partial charge < -0.3 is 0 Å². The van der Waals surface area contributed by atoms with Crippen LogP contribution < -0.4 is 0 Å². The first-order chi connectivity index (χ1) is 9.07. The maximum Gasteiger partial charge on any atom is 2.00 e. The number of rotatable bonds is 2. The van der Waals surface area contributed by atoms with Crippen molar-refractivity contribution in [2.24, 2.45) is 0 Å². The van der Waals surface area contributed by atoms with Crippen molar-refractivity contribution in [2.75, 3.05) is 0 Å². The largest absolute Gasteiger partial charge is 2.00 e. The minimum Gasteiger partial charge on any atom is -0.210 e. The summed E-state index contributed by atoms with van der Waals surface area (Å²) in [5, 5.41) is 0. The van der Waals surface area contributed by atoms with E-state index in [1.165, 1.54) is 22.3 Å². The molecular weight excluding hydrogens is 406 g/mol. The molecule has 2 aromatic carbocycles. The maximum absolute atomic E-state index is 2.22. The SMILES string of the molecule is CCc1cc[c-](C)c1.CCc1cc[c-](C)c1.C[SiH]C.Cl.Cl.[Zr+2]. The molecule has 0 saturated carbocycles. The van der Waals surface area contributed by atoms with E-state index in [1.54, 1.807) is 0 Å². The van der Waals surface area contributed by atoms with Crippen molar-refractivity contribution in [1.29, 1.82) is 0 Å². The van der Waals surface area contributed by atoms with Crippen LogP contribution in [0.3, 0.4) is 0 Å². The van der Waals surface area contributed by atoms with E-state index in [0.29, 0.717) is 0 Å². The second-order valence-corrected chi connectivity index (χ2v) is 6.03. The Bertz CT molecular complexity index is 395. The fourth-order valence-corrected chi connectivity index (χ4v) is 1.69. The van der Waals surface area contributed by atoms with Crippen molar-refractivity contribution < 1.29 is 26.2 Å². The molecule has 2 aromatic rings. The summed E-state index contributed by atoms with van der Waals surface area (Å²) >= 11 is 0. The molecule has 0 unspecified atom stereocenters. The molecule has 22 heavy (non-hydrogen) atoms. The molecule has 0 N–H and O–H groups in total. The number of aryl methyl sites for hydroxylation is 4. The van der Waals surface area contributed by atoms with E-state index >= 15 is 0 Å². The van der Waals surface area contributed by atoms with Crippen molar-refractivity contribution in [3.63, 3.8) is 0 Å². The van der Waals surface area contributed by atoms with Gasteiger partial charge in [0.2, 0.25) is 0 Å². The van der Waals surface area contributed by atoms with E-state index in [4.69, 9.17) is 0 Å². The van der Waals surface area contributed by atoms with E-state index in [1.807, 2.05) is 0 Å². The molecule has 0 nitrogen and oxygen atoms in total. The van der Waals surface area contributed by atoms with Gasteiger partial charge in [0, 0.05) is 9.52 Å². The van der Waals surface area contributed by atoms with Gasteiger partial charge in [0.05, 0.1) is 0 Å². The summed E-state index contributed by atoms with van der Waals surface area (Å²) in [4.78, 5) is 0. The molecule has 4 heteroatoms. The average Bonchev–Trinajstić information content (AvgIpc) is 2.99. The molecule has 125 valence electrons. The van der Waals surface area contributed by atoms with Gasteiger partial charge in [0.15, 0.2) is 0 Å². The summed E-state index contributed by atoms with van der Waals surface area (Å²) < 4.78 is 0. The van der Waals surface area contributed by atoms with Crippen LogP contribution in [-0.2, 0) is 39.0 Å². The third-order valence-electron chi connectivity index (χ3n) is 2.76. The van der Waals surface area contributed by atoms with Gasteiger partial charge in [-0.05, 0) is 0 Å². The van der Waals surface area contributed by atoms with Crippen LogP contribution in [0.4, 0.5) is 0 Å². The number of hydrogen-bond acceptors (Lipinski definition) is 0. The Morgan fingerprint density at radius 1 is 0.818 bits per heavy atom. The van der Waals surface area contributed by atoms with Gasteiger partial charge in [-0.2, -0.15) is 46.5 Å². The standard InChI is InChI=1S/2C8H11.C2H7Si.2ClH.Zr/c2*1-3-8-5-4-7(2)6-8;1-3-2;;;/h2*4-6H,3H2,1-2H3;3H,1-2H3;2*1H;/q2*-1;;;;+2. The monoisotopic (exact) mass is 435 g/mol. The van der Waals surface area contributed by atoms with Gasteiger partial charge in [0.25, 0.3) is 0 Å². The predicted octanol–water partition coefficient (Wildman–Crippen LogP) is 5.91. The Kier molecular flexibility index (Phi) is 26.7. The first-order valence-electron chi connectivity index (χ1n) is 7.25. The molecule has 0 spiro atoms. The van der Waals surface area contributed by atoms with Gasteiger partial charge in [-0.1, -0.05) is 53.6 Å². The van der Waals surface area contributed by atoms with Crippen LogP contribution in [0, 0.1) is 13.8 Å². The van der Waals surface area contributed by atoms with Crippen LogP contribution >= 0.6 is 24.8 Å². The topological polar surface area (TPSA) is 0 Å². The predicted molar refractivity (Wildman–Crippen MR) is 106 cm³/mol. The van der Waals surface area contributed by atoms with E-state index in [2.05, 4.69) is 77.2 Å². The minimum absolute atomic E-state index is 0. The summed E-state index contributed by atoms with van der Waals surface area (Å²) in [5.41, 5.74) is 5.65. The smallest absolute Gasteiger partial charge is 0.210 e. The van der Waals surface area contributed by atoms with E-state index in [0.717, 1.165) is 22.4 Å². The maximum atomic E-state index is 2.22. The van der Waals surface area contributed by atoms with Crippen molar-refractivity contribution in [3.8, 4) is 0 Å². The van der Waals surface area contributed by atoms with Crippen LogP contribution in [0.5, 0.6) is 0 Å². The first-order valence-corrected chi connectivity index (χ1v) is 9.56. The van der Waals surface area contributed by atoms with Crippen LogP contribution in [0.1, 0.15) is 36.1 Å². The molecule has 0 aliphatic carbocycles. The Labute approximate surface area is 172 Å². The zero-order valence-electron chi connectivity index (χ0n) is 14.8. The summed E-state index contributed by atoms with van der Waals surface area (Å²) in [6, 6.07) is 13.1. The van der Waals surface area contributed by atoms with Crippen LogP contribution in [-0.4, -0.2) is 9.52 Å². The minimum atomic E-state index is 0. The van der Waals surface area contributed by atoms with E-state index in [9.17, 15) is 0 Å². The quantitative estimate of drug-likeness (QED) is 0.404. The molecular formula is C18H31Cl2SiZr. The molecule has 0 aromatic heterocycles. The Balaban J connectivity index is -0.000000112. The Hall–Kier alpha value is 0.380. The van der Waals surface area contributed by atoms with Crippen molar-refractivity contribution in [3.05, 3.63) is 58.7 Å². The van der Waals surface area contributed by atoms with Gasteiger partial charge >= 0.3 is 26.2 Å². The molecule has 0 atom stereocenters. The molecule has 1 radical (unpaired) electrons. The third-order valence-corrected chi connectivity index (χ3v) is 2.76. The second kappa shape index (κ2) is 19.4. The molecule has 0 bridgehead atoms. The number of halogens is 2. The summed E-state index contributed by atoms with van der Waals surface area (Å²) in [5.74, 6) is 0. The molecule has 0 amide bonds. The molecule has 0 saturated heterocycles. The van der Waals surface area contributed by atoms with Crippen LogP contribution in [0.15, 0.2) is 36.4 Å². The fourth-order valence-electron chi connectivity index (χ4n) is 1.69. The zero-order valence-corrected chi connectivity index (χ0v) is 20.0. The summed E-state index contributed by atoms with van der Waals surface area (Å²) in [6.07, 6.45) is 2.32.